The van der Waals surface area contributed by atoms with Gasteiger partial charge in [-0.05, 0) is 41.3 Å². The van der Waals surface area contributed by atoms with Crippen LogP contribution in [0.25, 0.3) is 5.57 Å². The maximum atomic E-state index is 10.9. The summed E-state index contributed by atoms with van der Waals surface area (Å²) in [6, 6.07) is 15.7. The van der Waals surface area contributed by atoms with Gasteiger partial charge in [-0.2, -0.15) is 0 Å². The lowest BCUT2D eigenvalue weighted by Gasteiger charge is -2.08. The number of aliphatic carboxylic acids is 1. The first-order valence-electron chi connectivity index (χ1n) is 7.86. The molecule has 2 aromatic carbocycles. The number of nitrogens with zero attached hydrogens (tertiary/aromatic N) is 1. The number of allylic oxidation sites excluding steroid dienone is 1. The van der Waals surface area contributed by atoms with Crippen molar-refractivity contribution in [2.24, 2.45) is 0 Å². The minimum atomic E-state index is -0.919. The number of hydrogen-bond donors (Lipinski definition) is 1. The second-order valence-corrected chi connectivity index (χ2v) is 5.91. The fraction of sp³-hybridized carbons (Fsp3) is 0.150. The molecule has 1 N–H and O–H groups in total. The molecule has 1 unspecified atom stereocenters. The maximum Gasteiger partial charge on any atom is 0.328 e. The van der Waals surface area contributed by atoms with Crippen LogP contribution in [0.2, 0.25) is 0 Å². The number of hydrogen-bond acceptors (Lipinski definition) is 2. The normalized spacial score (nSPS) is 19.4. The molecule has 1 heterocycles. The predicted molar refractivity (Wildman–Crippen MR) is 91.1 cm³/mol. The number of benzene rings is 2. The Labute approximate surface area is 140 Å². The van der Waals surface area contributed by atoms with Crippen LogP contribution in [0.15, 0.2) is 66.3 Å². The Morgan fingerprint density at radius 2 is 2.08 bits per heavy atom. The lowest BCUT2D eigenvalue weighted by Crippen LogP contribution is -2.13. The third-order valence-electron chi connectivity index (χ3n) is 4.31. The number of rotatable bonds is 4. The standard InChI is InChI=1S/C20H16NO3/c22-19(23)10-14-6-8-16-17-11-15(7-9-18(17)21-20(14)16)24-12-13-4-2-1-3-5-13/h1-5,7-11,20H,6,12H2,(H,22,23). The van der Waals surface area contributed by atoms with Gasteiger partial charge < -0.3 is 9.84 Å². The van der Waals surface area contributed by atoms with E-state index in [1.807, 2.05) is 48.5 Å². The van der Waals surface area contributed by atoms with Crippen LogP contribution < -0.4 is 10.1 Å². The van der Waals surface area contributed by atoms with E-state index < -0.39 is 5.97 Å². The van der Waals surface area contributed by atoms with E-state index in [9.17, 15) is 4.79 Å². The van der Waals surface area contributed by atoms with E-state index in [4.69, 9.17) is 9.84 Å². The zero-order chi connectivity index (χ0) is 16.5. The van der Waals surface area contributed by atoms with Crippen molar-refractivity contribution >= 4 is 17.2 Å². The Morgan fingerprint density at radius 3 is 2.88 bits per heavy atom. The number of fused-ring (bicyclic) bond motifs is 3. The largest absolute Gasteiger partial charge is 0.489 e. The van der Waals surface area contributed by atoms with Crippen molar-refractivity contribution in [1.82, 2.24) is 5.32 Å². The van der Waals surface area contributed by atoms with Crippen LogP contribution in [0.3, 0.4) is 0 Å². The molecule has 2 aliphatic rings. The van der Waals surface area contributed by atoms with Gasteiger partial charge in [-0.1, -0.05) is 36.4 Å². The molecular weight excluding hydrogens is 302 g/mol. The van der Waals surface area contributed by atoms with Crippen molar-refractivity contribution in [2.75, 3.05) is 0 Å². The number of carbonyl (C=O) groups is 1. The summed E-state index contributed by atoms with van der Waals surface area (Å²) in [7, 11) is 0. The molecule has 0 saturated heterocycles. The van der Waals surface area contributed by atoms with E-state index in [0.29, 0.717) is 13.0 Å². The van der Waals surface area contributed by atoms with Crippen molar-refractivity contribution < 1.29 is 14.6 Å². The predicted octanol–water partition coefficient (Wildman–Crippen LogP) is 3.68. The van der Waals surface area contributed by atoms with E-state index >= 15 is 0 Å². The quantitative estimate of drug-likeness (QED) is 0.875. The monoisotopic (exact) mass is 318 g/mol. The first-order chi connectivity index (χ1) is 11.7. The molecular formula is C20H16NO3. The highest BCUT2D eigenvalue weighted by Crippen LogP contribution is 2.44. The van der Waals surface area contributed by atoms with Crippen LogP contribution in [-0.4, -0.2) is 17.1 Å². The summed E-state index contributed by atoms with van der Waals surface area (Å²) in [6.07, 6.45) is 3.98. The molecule has 0 aromatic heterocycles. The molecule has 4 rings (SSSR count). The number of carboxylic acid groups (broad SMARTS) is 1. The van der Waals surface area contributed by atoms with Gasteiger partial charge in [0.25, 0.3) is 0 Å². The van der Waals surface area contributed by atoms with Crippen molar-refractivity contribution in [3.8, 4) is 5.75 Å². The first kappa shape index (κ1) is 14.6. The highest BCUT2D eigenvalue weighted by molar-refractivity contribution is 5.90. The summed E-state index contributed by atoms with van der Waals surface area (Å²) >= 11 is 0. The zero-order valence-corrected chi connectivity index (χ0v) is 13.0. The number of ether oxygens (including phenoxy) is 1. The van der Waals surface area contributed by atoms with Gasteiger partial charge in [0, 0.05) is 11.6 Å². The van der Waals surface area contributed by atoms with Gasteiger partial charge in [-0.25, -0.2) is 4.79 Å². The minimum Gasteiger partial charge on any atom is -0.489 e. The summed E-state index contributed by atoms with van der Waals surface area (Å²) in [6.45, 7) is 0.517. The van der Waals surface area contributed by atoms with Gasteiger partial charge >= 0.3 is 5.97 Å². The highest BCUT2D eigenvalue weighted by atomic mass is 16.5. The van der Waals surface area contributed by atoms with Gasteiger partial charge in [0.15, 0.2) is 0 Å². The molecule has 0 fully saturated rings. The Kier molecular flexibility index (Phi) is 3.58. The molecule has 24 heavy (non-hydrogen) atoms. The van der Waals surface area contributed by atoms with E-state index in [1.54, 1.807) is 0 Å². The van der Waals surface area contributed by atoms with Crippen LogP contribution in [0.1, 0.15) is 17.5 Å². The fourth-order valence-corrected chi connectivity index (χ4v) is 3.19. The molecule has 0 bridgehead atoms. The lowest BCUT2D eigenvalue weighted by molar-refractivity contribution is -0.131. The van der Waals surface area contributed by atoms with E-state index in [0.717, 1.165) is 33.7 Å². The molecule has 4 heteroatoms. The molecule has 2 aromatic rings. The fourth-order valence-electron chi connectivity index (χ4n) is 3.19. The lowest BCUT2D eigenvalue weighted by atomic mass is 10.0. The average Bonchev–Trinajstić information content (AvgIpc) is 3.13. The van der Waals surface area contributed by atoms with Gasteiger partial charge in [-0.3, -0.25) is 5.32 Å². The van der Waals surface area contributed by atoms with Gasteiger partial charge in [-0.15, -0.1) is 0 Å². The third-order valence-corrected chi connectivity index (χ3v) is 4.31. The Bertz CT molecular complexity index is 852. The molecule has 1 aliphatic carbocycles. The van der Waals surface area contributed by atoms with Crippen molar-refractivity contribution in [2.45, 2.75) is 19.1 Å². The van der Waals surface area contributed by atoms with Crippen LogP contribution in [0.5, 0.6) is 5.75 Å². The summed E-state index contributed by atoms with van der Waals surface area (Å²) in [5.74, 6) is -0.122. The van der Waals surface area contributed by atoms with Crippen molar-refractivity contribution in [3.63, 3.8) is 0 Å². The molecule has 0 amide bonds. The van der Waals surface area contributed by atoms with Crippen LogP contribution in [0.4, 0.5) is 5.69 Å². The molecule has 119 valence electrons. The zero-order valence-electron chi connectivity index (χ0n) is 13.0. The van der Waals surface area contributed by atoms with Gasteiger partial charge in [0.1, 0.15) is 12.4 Å². The van der Waals surface area contributed by atoms with E-state index in [1.165, 1.54) is 6.08 Å². The van der Waals surface area contributed by atoms with Crippen LogP contribution in [-0.2, 0) is 11.4 Å². The van der Waals surface area contributed by atoms with Crippen molar-refractivity contribution in [1.29, 1.82) is 0 Å². The smallest absolute Gasteiger partial charge is 0.328 e. The molecule has 0 spiro atoms. The number of carboxylic acids is 1. The summed E-state index contributed by atoms with van der Waals surface area (Å²) in [4.78, 5) is 10.9. The van der Waals surface area contributed by atoms with Crippen molar-refractivity contribution in [3.05, 3.63) is 77.4 Å². The Hall–Kier alpha value is -3.01. The third kappa shape index (κ3) is 2.67. The molecule has 1 aliphatic heterocycles. The van der Waals surface area contributed by atoms with Gasteiger partial charge in [0.05, 0.1) is 11.7 Å². The second-order valence-electron chi connectivity index (χ2n) is 5.91. The highest BCUT2D eigenvalue weighted by Gasteiger charge is 2.34. The molecule has 1 radical (unpaired) electrons. The summed E-state index contributed by atoms with van der Waals surface area (Å²) < 4.78 is 5.88. The minimum absolute atomic E-state index is 0.152. The summed E-state index contributed by atoms with van der Waals surface area (Å²) in [5.41, 5.74) is 4.98. The topological polar surface area (TPSA) is 60.6 Å². The molecule has 0 saturated carbocycles. The molecule has 1 atom stereocenters. The average molecular weight is 318 g/mol. The van der Waals surface area contributed by atoms with E-state index in [2.05, 4.69) is 11.4 Å². The van der Waals surface area contributed by atoms with Crippen LogP contribution >= 0.6 is 0 Å². The first-order valence-corrected chi connectivity index (χ1v) is 7.86. The SMILES string of the molecule is O=C(O)C=C1CC=C2c3cc(OCc4ccccc4)ccc3[N]C12. The second kappa shape index (κ2) is 5.89. The van der Waals surface area contributed by atoms with Crippen LogP contribution in [0, 0.1) is 0 Å². The van der Waals surface area contributed by atoms with Gasteiger partial charge in [0.2, 0.25) is 0 Å². The summed E-state index contributed by atoms with van der Waals surface area (Å²) in [5, 5.41) is 13.6. The maximum absolute atomic E-state index is 10.9. The molecule has 4 nitrogen and oxygen atoms in total. The Balaban J connectivity index is 1.54. The Morgan fingerprint density at radius 1 is 1.25 bits per heavy atom. The van der Waals surface area contributed by atoms with E-state index in [-0.39, 0.29) is 6.04 Å².